The van der Waals surface area contributed by atoms with Crippen LogP contribution in [0.5, 0.6) is 0 Å². The first-order chi connectivity index (χ1) is 15.0. The summed E-state index contributed by atoms with van der Waals surface area (Å²) in [5.41, 5.74) is 6.24. The van der Waals surface area contributed by atoms with Crippen LogP contribution < -0.4 is 16.5 Å². The van der Waals surface area contributed by atoms with Crippen LogP contribution in [0, 0.1) is 5.82 Å². The molecule has 32 heavy (non-hydrogen) atoms. The van der Waals surface area contributed by atoms with Crippen LogP contribution in [0.3, 0.4) is 0 Å². The summed E-state index contributed by atoms with van der Waals surface area (Å²) in [4.78, 5) is 37.5. The number of benzene rings is 1. The molecule has 1 aliphatic carbocycles. The lowest BCUT2D eigenvalue weighted by atomic mass is 10.2. The van der Waals surface area contributed by atoms with Crippen molar-refractivity contribution >= 4 is 29.3 Å². The molecule has 8 nitrogen and oxygen atoms in total. The van der Waals surface area contributed by atoms with Gasteiger partial charge in [-0.3, -0.25) is 19.4 Å². The van der Waals surface area contributed by atoms with Crippen LogP contribution in [0.15, 0.2) is 30.0 Å². The molecule has 0 saturated heterocycles. The van der Waals surface area contributed by atoms with Crippen molar-refractivity contribution in [3.05, 3.63) is 46.4 Å². The SMILES string of the molecule is NC(=O)C1C=C(C(F)(F)F)N(CC(=O)N(CC(=O)NCc2cccc(Cl)c2F)C2CC2)N1. The number of primary amides is 1. The summed E-state index contributed by atoms with van der Waals surface area (Å²) in [7, 11) is 0. The van der Waals surface area contributed by atoms with Gasteiger partial charge < -0.3 is 16.0 Å². The van der Waals surface area contributed by atoms with Crippen LogP contribution in [0.1, 0.15) is 18.4 Å². The second-order valence-corrected chi connectivity index (χ2v) is 7.79. The van der Waals surface area contributed by atoms with Gasteiger partial charge in [0.05, 0.1) is 11.6 Å². The summed E-state index contributed by atoms with van der Waals surface area (Å²) >= 11 is 5.69. The maximum Gasteiger partial charge on any atom is 0.432 e. The number of nitrogens with zero attached hydrogens (tertiary/aromatic N) is 2. The van der Waals surface area contributed by atoms with E-state index in [1.54, 1.807) is 0 Å². The number of nitrogens with two attached hydrogens (primary N) is 1. The number of rotatable bonds is 8. The number of halogens is 5. The van der Waals surface area contributed by atoms with E-state index in [1.807, 2.05) is 0 Å². The van der Waals surface area contributed by atoms with E-state index in [0.29, 0.717) is 23.9 Å². The lowest BCUT2D eigenvalue weighted by Crippen LogP contribution is -2.51. The van der Waals surface area contributed by atoms with Crippen LogP contribution in [0.25, 0.3) is 0 Å². The molecule has 1 aliphatic heterocycles. The van der Waals surface area contributed by atoms with Crippen molar-refractivity contribution in [2.24, 2.45) is 5.73 Å². The smallest absolute Gasteiger partial charge is 0.368 e. The number of alkyl halides is 3. The molecule has 1 unspecified atom stereocenters. The average molecular weight is 478 g/mol. The number of carbonyl (C=O) groups is 3. The Kier molecular flexibility index (Phi) is 6.94. The third kappa shape index (κ3) is 5.68. The Hall–Kier alpha value is -2.86. The summed E-state index contributed by atoms with van der Waals surface area (Å²) in [6.07, 6.45) is -3.02. The maximum absolute atomic E-state index is 13.9. The molecule has 1 saturated carbocycles. The molecule has 0 aromatic heterocycles. The second kappa shape index (κ2) is 9.33. The van der Waals surface area contributed by atoms with E-state index in [4.69, 9.17) is 17.3 Å². The van der Waals surface area contributed by atoms with Gasteiger partial charge in [0.25, 0.3) is 0 Å². The minimum absolute atomic E-state index is 0.104. The van der Waals surface area contributed by atoms with E-state index < -0.39 is 54.5 Å². The normalized spacial score (nSPS) is 18.3. The lowest BCUT2D eigenvalue weighted by molar-refractivity contribution is -0.141. The molecule has 1 fully saturated rings. The molecule has 1 atom stereocenters. The molecule has 0 radical (unpaired) electrons. The van der Waals surface area contributed by atoms with E-state index in [-0.39, 0.29) is 23.2 Å². The van der Waals surface area contributed by atoms with E-state index in [2.05, 4.69) is 10.7 Å². The number of hydrazine groups is 1. The minimum Gasteiger partial charge on any atom is -0.368 e. The fraction of sp³-hybridized carbons (Fsp3) is 0.421. The molecule has 4 N–H and O–H groups in total. The summed E-state index contributed by atoms with van der Waals surface area (Å²) < 4.78 is 53.8. The fourth-order valence-electron chi connectivity index (χ4n) is 3.17. The molecule has 0 spiro atoms. The fourth-order valence-corrected chi connectivity index (χ4v) is 3.36. The molecule has 1 heterocycles. The van der Waals surface area contributed by atoms with Crippen LogP contribution >= 0.6 is 11.6 Å². The quantitative estimate of drug-likeness (QED) is 0.488. The number of allylic oxidation sites excluding steroid dienone is 1. The van der Waals surface area contributed by atoms with Gasteiger partial charge in [-0.05, 0) is 25.0 Å². The highest BCUT2D eigenvalue weighted by Crippen LogP contribution is 2.32. The number of hydrogen-bond acceptors (Lipinski definition) is 5. The molecule has 0 bridgehead atoms. The summed E-state index contributed by atoms with van der Waals surface area (Å²) in [5.74, 6) is -3.07. The van der Waals surface area contributed by atoms with Gasteiger partial charge in [-0.25, -0.2) is 9.82 Å². The second-order valence-electron chi connectivity index (χ2n) is 7.39. The molecule has 3 rings (SSSR count). The van der Waals surface area contributed by atoms with Gasteiger partial charge in [0.15, 0.2) is 0 Å². The molecular weight excluding hydrogens is 458 g/mol. The van der Waals surface area contributed by atoms with Crippen molar-refractivity contribution in [1.82, 2.24) is 20.7 Å². The number of nitrogens with one attached hydrogen (secondary N) is 2. The number of hydrogen-bond donors (Lipinski definition) is 3. The number of amides is 3. The Bertz CT molecular complexity index is 951. The zero-order chi connectivity index (χ0) is 23.6. The zero-order valence-corrected chi connectivity index (χ0v) is 17.3. The molecular formula is C19H20ClF4N5O3. The standard InChI is InChI=1S/C19H20ClF4N5O3/c20-12-3-1-2-10(17(12)21)7-26-15(30)8-28(11-4-5-11)16(31)9-29-14(19(22,23)24)6-13(27-29)18(25)32/h1-3,6,11,13,27H,4-5,7-9H2,(H2,25,32)(H,26,30). The predicted molar refractivity (Wildman–Crippen MR) is 105 cm³/mol. The topological polar surface area (TPSA) is 108 Å². The van der Waals surface area contributed by atoms with Crippen molar-refractivity contribution < 1.29 is 31.9 Å². The zero-order valence-electron chi connectivity index (χ0n) is 16.6. The van der Waals surface area contributed by atoms with Crippen molar-refractivity contribution in [2.75, 3.05) is 13.1 Å². The van der Waals surface area contributed by atoms with Crippen LogP contribution in [0.4, 0.5) is 17.6 Å². The van der Waals surface area contributed by atoms with Crippen LogP contribution in [-0.2, 0) is 20.9 Å². The monoisotopic (exact) mass is 477 g/mol. The largest absolute Gasteiger partial charge is 0.432 e. The molecule has 174 valence electrons. The Morgan fingerprint density at radius 3 is 2.56 bits per heavy atom. The maximum atomic E-state index is 13.9. The highest BCUT2D eigenvalue weighted by Gasteiger charge is 2.45. The van der Waals surface area contributed by atoms with Gasteiger partial charge in [-0.2, -0.15) is 13.2 Å². The van der Waals surface area contributed by atoms with Gasteiger partial charge in [-0.1, -0.05) is 23.7 Å². The van der Waals surface area contributed by atoms with E-state index >= 15 is 0 Å². The Morgan fingerprint density at radius 2 is 1.97 bits per heavy atom. The number of carbonyl (C=O) groups excluding carboxylic acids is 3. The van der Waals surface area contributed by atoms with Crippen molar-refractivity contribution in [3.8, 4) is 0 Å². The highest BCUT2D eigenvalue weighted by molar-refractivity contribution is 6.30. The average Bonchev–Trinajstić information content (AvgIpc) is 3.44. The molecule has 3 amide bonds. The molecule has 1 aromatic carbocycles. The van der Waals surface area contributed by atoms with Gasteiger partial charge in [0.1, 0.15) is 24.1 Å². The first kappa shape index (κ1) is 23.8. The first-order valence-corrected chi connectivity index (χ1v) is 9.96. The van der Waals surface area contributed by atoms with Crippen LogP contribution in [0.2, 0.25) is 5.02 Å². The molecule has 2 aliphatic rings. The van der Waals surface area contributed by atoms with E-state index in [9.17, 15) is 31.9 Å². The highest BCUT2D eigenvalue weighted by atomic mass is 35.5. The van der Waals surface area contributed by atoms with Crippen LogP contribution in [-0.4, -0.2) is 59.0 Å². The Balaban J connectivity index is 1.62. The van der Waals surface area contributed by atoms with E-state index in [0.717, 1.165) is 4.90 Å². The first-order valence-electron chi connectivity index (χ1n) is 9.58. The van der Waals surface area contributed by atoms with Gasteiger partial charge in [0.2, 0.25) is 17.7 Å². The van der Waals surface area contributed by atoms with Gasteiger partial charge >= 0.3 is 6.18 Å². The summed E-state index contributed by atoms with van der Waals surface area (Å²) in [5, 5.41) is 2.87. The van der Waals surface area contributed by atoms with Gasteiger partial charge in [-0.15, -0.1) is 0 Å². The lowest BCUT2D eigenvalue weighted by Gasteiger charge is -2.28. The Labute approximate surface area is 185 Å². The van der Waals surface area contributed by atoms with E-state index in [1.165, 1.54) is 18.2 Å². The van der Waals surface area contributed by atoms with Crippen molar-refractivity contribution in [1.29, 1.82) is 0 Å². The van der Waals surface area contributed by atoms with Crippen molar-refractivity contribution in [3.63, 3.8) is 0 Å². The third-order valence-electron chi connectivity index (χ3n) is 4.93. The summed E-state index contributed by atoms with van der Waals surface area (Å²) in [6, 6.07) is 2.61. The molecule has 1 aromatic rings. The Morgan fingerprint density at radius 1 is 1.28 bits per heavy atom. The third-order valence-corrected chi connectivity index (χ3v) is 5.22. The minimum atomic E-state index is -4.82. The summed E-state index contributed by atoms with van der Waals surface area (Å²) in [6.45, 7) is -1.35. The van der Waals surface area contributed by atoms with Gasteiger partial charge in [0, 0.05) is 18.2 Å². The predicted octanol–water partition coefficient (Wildman–Crippen LogP) is 1.21. The van der Waals surface area contributed by atoms with Crippen molar-refractivity contribution in [2.45, 2.75) is 37.6 Å². The molecule has 13 heteroatoms.